The Hall–Kier alpha value is -0.820. The van der Waals surface area contributed by atoms with Crippen LogP contribution >= 0.6 is 0 Å². The van der Waals surface area contributed by atoms with Gasteiger partial charge in [-0.25, -0.2) is 0 Å². The van der Waals surface area contributed by atoms with Crippen LogP contribution in [0.4, 0.5) is 0 Å². The predicted octanol–water partition coefficient (Wildman–Crippen LogP) is 3.66. The summed E-state index contributed by atoms with van der Waals surface area (Å²) in [5.41, 5.74) is 2.88. The van der Waals surface area contributed by atoms with Crippen molar-refractivity contribution >= 4 is 0 Å². The fourth-order valence-corrected chi connectivity index (χ4v) is 2.08. The molecule has 2 rings (SSSR count). The quantitative estimate of drug-likeness (QED) is 0.711. The van der Waals surface area contributed by atoms with E-state index in [0.717, 1.165) is 0 Å². The number of hydrogen-bond donors (Lipinski definition) is 0. The molecule has 1 aromatic carbocycles. The molecule has 0 amide bonds. The van der Waals surface area contributed by atoms with Crippen molar-refractivity contribution in [3.05, 3.63) is 35.4 Å². The maximum Gasteiger partial charge on any atom is 0.0929 e. The van der Waals surface area contributed by atoms with Crippen molar-refractivity contribution < 1.29 is 4.74 Å². The summed E-state index contributed by atoms with van der Waals surface area (Å²) in [7, 11) is 1.82. The zero-order chi connectivity index (χ0) is 10.7. The van der Waals surface area contributed by atoms with Gasteiger partial charge in [0.25, 0.3) is 0 Å². The molecule has 1 heteroatoms. The van der Waals surface area contributed by atoms with Crippen molar-refractivity contribution in [3.8, 4) is 0 Å². The van der Waals surface area contributed by atoms with E-state index in [0.29, 0.717) is 0 Å². The number of ether oxygens (including phenoxy) is 1. The third-order valence-corrected chi connectivity index (χ3v) is 3.39. The van der Waals surface area contributed by atoms with Crippen molar-refractivity contribution in [1.29, 1.82) is 0 Å². The highest BCUT2D eigenvalue weighted by Crippen LogP contribution is 2.48. The van der Waals surface area contributed by atoms with Gasteiger partial charge in [0.1, 0.15) is 0 Å². The number of methoxy groups -OCH3 is 1. The van der Waals surface area contributed by atoms with Gasteiger partial charge in [0, 0.05) is 7.11 Å². The topological polar surface area (TPSA) is 9.23 Å². The summed E-state index contributed by atoms with van der Waals surface area (Å²) in [6, 6.07) is 8.98. The van der Waals surface area contributed by atoms with E-state index in [1.807, 2.05) is 7.11 Å². The van der Waals surface area contributed by atoms with Gasteiger partial charge in [0.2, 0.25) is 0 Å². The molecule has 0 aromatic heterocycles. The minimum atomic E-state index is 0.0727. The van der Waals surface area contributed by atoms with Gasteiger partial charge in [0.05, 0.1) is 5.60 Å². The van der Waals surface area contributed by atoms with E-state index in [9.17, 15) is 0 Å². The van der Waals surface area contributed by atoms with Crippen molar-refractivity contribution in [2.75, 3.05) is 7.11 Å². The van der Waals surface area contributed by atoms with Gasteiger partial charge in [-0.1, -0.05) is 37.6 Å². The molecule has 0 aliphatic heterocycles. The molecule has 1 aliphatic carbocycles. The maximum absolute atomic E-state index is 5.56. The first-order chi connectivity index (χ1) is 7.30. The third-order valence-electron chi connectivity index (χ3n) is 3.39. The second-order valence-corrected chi connectivity index (χ2v) is 4.50. The molecule has 0 bridgehead atoms. The first-order valence-electron chi connectivity index (χ1n) is 5.95. The summed E-state index contributed by atoms with van der Waals surface area (Å²) < 4.78 is 5.56. The van der Waals surface area contributed by atoms with E-state index < -0.39 is 0 Å². The molecule has 0 N–H and O–H groups in total. The Labute approximate surface area is 92.5 Å². The van der Waals surface area contributed by atoms with E-state index in [1.165, 1.54) is 43.2 Å². The second-order valence-electron chi connectivity index (χ2n) is 4.50. The molecule has 0 atom stereocenters. The minimum Gasteiger partial charge on any atom is -0.374 e. The van der Waals surface area contributed by atoms with E-state index in [2.05, 4.69) is 31.2 Å². The predicted molar refractivity (Wildman–Crippen MR) is 63.0 cm³/mol. The van der Waals surface area contributed by atoms with Crippen molar-refractivity contribution in [3.63, 3.8) is 0 Å². The largest absolute Gasteiger partial charge is 0.374 e. The Kier molecular flexibility index (Phi) is 3.11. The summed E-state index contributed by atoms with van der Waals surface area (Å²) in [4.78, 5) is 0. The Balaban J connectivity index is 2.04. The zero-order valence-corrected chi connectivity index (χ0v) is 9.75. The summed E-state index contributed by atoms with van der Waals surface area (Å²) in [5, 5.41) is 0. The molecule has 1 fully saturated rings. The normalized spacial score (nSPS) is 17.7. The molecular formula is C14H20O. The van der Waals surface area contributed by atoms with Gasteiger partial charge in [0.15, 0.2) is 0 Å². The average Bonchev–Trinajstić information content (AvgIpc) is 3.08. The van der Waals surface area contributed by atoms with E-state index in [1.54, 1.807) is 0 Å². The van der Waals surface area contributed by atoms with E-state index in [4.69, 9.17) is 4.74 Å². The van der Waals surface area contributed by atoms with Gasteiger partial charge in [-0.15, -0.1) is 0 Å². The highest BCUT2D eigenvalue weighted by Gasteiger charge is 2.44. The van der Waals surface area contributed by atoms with E-state index >= 15 is 0 Å². The molecule has 0 heterocycles. The van der Waals surface area contributed by atoms with Gasteiger partial charge < -0.3 is 4.74 Å². The molecule has 15 heavy (non-hydrogen) atoms. The summed E-state index contributed by atoms with van der Waals surface area (Å²) in [6.07, 6.45) is 6.12. The van der Waals surface area contributed by atoms with Gasteiger partial charge in [-0.3, -0.25) is 0 Å². The van der Waals surface area contributed by atoms with Crippen LogP contribution in [0.5, 0.6) is 0 Å². The molecule has 0 radical (unpaired) electrons. The molecule has 0 spiro atoms. The van der Waals surface area contributed by atoms with Gasteiger partial charge >= 0.3 is 0 Å². The van der Waals surface area contributed by atoms with Crippen LogP contribution < -0.4 is 0 Å². The number of hydrogen-bond acceptors (Lipinski definition) is 1. The number of rotatable bonds is 5. The Morgan fingerprint density at radius 3 is 2.33 bits per heavy atom. The lowest BCUT2D eigenvalue weighted by atomic mass is 10.0. The van der Waals surface area contributed by atoms with Gasteiger partial charge in [-0.2, -0.15) is 0 Å². The molecule has 82 valence electrons. The molecule has 1 aromatic rings. The lowest BCUT2D eigenvalue weighted by Gasteiger charge is -2.13. The SMILES string of the molecule is CCCCc1ccc(C2(OC)CC2)cc1. The smallest absolute Gasteiger partial charge is 0.0929 e. The molecule has 1 nitrogen and oxygen atoms in total. The highest BCUT2D eigenvalue weighted by atomic mass is 16.5. The lowest BCUT2D eigenvalue weighted by molar-refractivity contribution is 0.0789. The van der Waals surface area contributed by atoms with Crippen LogP contribution in [0.1, 0.15) is 43.7 Å². The number of benzene rings is 1. The molecule has 0 saturated heterocycles. The van der Waals surface area contributed by atoms with Crippen LogP contribution in [0.2, 0.25) is 0 Å². The van der Waals surface area contributed by atoms with Crippen LogP contribution in [0, 0.1) is 0 Å². The van der Waals surface area contributed by atoms with Crippen LogP contribution in [0.3, 0.4) is 0 Å². The monoisotopic (exact) mass is 204 g/mol. The second kappa shape index (κ2) is 4.36. The fourth-order valence-electron chi connectivity index (χ4n) is 2.08. The average molecular weight is 204 g/mol. The van der Waals surface area contributed by atoms with Crippen LogP contribution in [0.25, 0.3) is 0 Å². The van der Waals surface area contributed by atoms with Crippen LogP contribution in [-0.2, 0) is 16.8 Å². The van der Waals surface area contributed by atoms with Crippen molar-refractivity contribution in [2.24, 2.45) is 0 Å². The summed E-state index contributed by atoms with van der Waals surface area (Å²) in [5.74, 6) is 0. The fraction of sp³-hybridized carbons (Fsp3) is 0.571. The van der Waals surface area contributed by atoms with E-state index in [-0.39, 0.29) is 5.60 Å². The van der Waals surface area contributed by atoms with Crippen LogP contribution in [-0.4, -0.2) is 7.11 Å². The summed E-state index contributed by atoms with van der Waals surface area (Å²) >= 11 is 0. The lowest BCUT2D eigenvalue weighted by Crippen LogP contribution is -2.08. The minimum absolute atomic E-state index is 0.0727. The van der Waals surface area contributed by atoms with Gasteiger partial charge in [-0.05, 0) is 36.8 Å². The first kappa shape index (κ1) is 10.7. The molecule has 1 aliphatic rings. The Morgan fingerprint density at radius 1 is 1.20 bits per heavy atom. The third kappa shape index (κ3) is 2.23. The van der Waals surface area contributed by atoms with Crippen LogP contribution in [0.15, 0.2) is 24.3 Å². The Morgan fingerprint density at radius 2 is 1.87 bits per heavy atom. The summed E-state index contributed by atoms with van der Waals surface area (Å²) in [6.45, 7) is 2.23. The number of unbranched alkanes of at least 4 members (excludes halogenated alkanes) is 1. The standard InChI is InChI=1S/C14H20O/c1-3-4-5-12-6-8-13(9-7-12)14(15-2)10-11-14/h6-9H,3-5,10-11H2,1-2H3. The van der Waals surface area contributed by atoms with Crippen molar-refractivity contribution in [1.82, 2.24) is 0 Å². The highest BCUT2D eigenvalue weighted by molar-refractivity contribution is 5.31. The Bertz CT molecular complexity index is 309. The molecular weight excluding hydrogens is 184 g/mol. The number of aryl methyl sites for hydroxylation is 1. The first-order valence-corrected chi connectivity index (χ1v) is 5.95. The van der Waals surface area contributed by atoms with Crippen molar-refractivity contribution in [2.45, 2.75) is 44.6 Å². The maximum atomic E-state index is 5.56. The zero-order valence-electron chi connectivity index (χ0n) is 9.75. The molecule has 1 saturated carbocycles. The molecule has 0 unspecified atom stereocenters.